The molecule has 0 bridgehead atoms. The number of carbonyl (C=O) groups is 1. The standard InChI is InChI=1S/C12H23NO4/c1-15-8-9-16-10-12(14)13-6-7-17-11-4-2-3-5-11/h11H,2-10H2,1H3,(H,13,14). The summed E-state index contributed by atoms with van der Waals surface area (Å²) in [5.74, 6) is -0.101. The summed E-state index contributed by atoms with van der Waals surface area (Å²) < 4.78 is 15.5. The van der Waals surface area contributed by atoms with Gasteiger partial charge in [-0.05, 0) is 12.8 Å². The van der Waals surface area contributed by atoms with Crippen LogP contribution in [0.5, 0.6) is 0 Å². The maximum Gasteiger partial charge on any atom is 0.246 e. The maximum atomic E-state index is 11.3. The molecule has 17 heavy (non-hydrogen) atoms. The molecule has 0 aromatic rings. The molecule has 0 aliphatic heterocycles. The van der Waals surface area contributed by atoms with E-state index in [1.54, 1.807) is 7.11 Å². The van der Waals surface area contributed by atoms with Gasteiger partial charge >= 0.3 is 0 Å². The van der Waals surface area contributed by atoms with E-state index in [0.717, 1.165) is 12.8 Å². The Morgan fingerprint density at radius 1 is 1.24 bits per heavy atom. The van der Waals surface area contributed by atoms with Crippen molar-refractivity contribution in [1.82, 2.24) is 5.32 Å². The van der Waals surface area contributed by atoms with Crippen molar-refractivity contribution in [3.8, 4) is 0 Å². The molecule has 0 aromatic heterocycles. The lowest BCUT2D eigenvalue weighted by atomic mass is 10.3. The van der Waals surface area contributed by atoms with Crippen LogP contribution in [-0.2, 0) is 19.0 Å². The quantitative estimate of drug-likeness (QED) is 0.608. The Bertz CT molecular complexity index is 205. The second-order valence-corrected chi connectivity index (χ2v) is 4.17. The molecular weight excluding hydrogens is 222 g/mol. The van der Waals surface area contributed by atoms with Gasteiger partial charge in [0.1, 0.15) is 6.61 Å². The molecule has 5 heteroatoms. The van der Waals surface area contributed by atoms with E-state index in [4.69, 9.17) is 14.2 Å². The van der Waals surface area contributed by atoms with E-state index in [0.29, 0.717) is 32.5 Å². The van der Waals surface area contributed by atoms with Crippen molar-refractivity contribution in [1.29, 1.82) is 0 Å². The van der Waals surface area contributed by atoms with Gasteiger partial charge in [0.2, 0.25) is 5.91 Å². The summed E-state index contributed by atoms with van der Waals surface area (Å²) in [6, 6.07) is 0. The lowest BCUT2D eigenvalue weighted by Gasteiger charge is -2.11. The zero-order chi connectivity index (χ0) is 12.3. The van der Waals surface area contributed by atoms with Crippen molar-refractivity contribution >= 4 is 5.91 Å². The Morgan fingerprint density at radius 2 is 2.00 bits per heavy atom. The van der Waals surface area contributed by atoms with Crippen LogP contribution in [0.15, 0.2) is 0 Å². The smallest absolute Gasteiger partial charge is 0.246 e. The maximum absolute atomic E-state index is 11.3. The molecule has 0 radical (unpaired) electrons. The van der Waals surface area contributed by atoms with Crippen LogP contribution in [0, 0.1) is 0 Å². The van der Waals surface area contributed by atoms with Crippen molar-refractivity contribution in [3.63, 3.8) is 0 Å². The van der Waals surface area contributed by atoms with E-state index in [2.05, 4.69) is 5.32 Å². The first kappa shape index (κ1) is 14.4. The van der Waals surface area contributed by atoms with Crippen LogP contribution in [0.25, 0.3) is 0 Å². The van der Waals surface area contributed by atoms with Crippen LogP contribution in [0.3, 0.4) is 0 Å². The largest absolute Gasteiger partial charge is 0.382 e. The summed E-state index contributed by atoms with van der Waals surface area (Å²) >= 11 is 0. The van der Waals surface area contributed by atoms with Crippen molar-refractivity contribution in [3.05, 3.63) is 0 Å². The van der Waals surface area contributed by atoms with Crippen LogP contribution in [0.1, 0.15) is 25.7 Å². The number of rotatable bonds is 9. The molecule has 0 heterocycles. The van der Waals surface area contributed by atoms with Gasteiger partial charge in [0.25, 0.3) is 0 Å². The van der Waals surface area contributed by atoms with E-state index >= 15 is 0 Å². The average molecular weight is 245 g/mol. The minimum atomic E-state index is -0.101. The molecule has 1 rings (SSSR count). The molecule has 100 valence electrons. The number of amides is 1. The van der Waals surface area contributed by atoms with Crippen molar-refractivity contribution in [2.24, 2.45) is 0 Å². The molecule has 0 aromatic carbocycles. The molecule has 5 nitrogen and oxygen atoms in total. The molecule has 1 N–H and O–H groups in total. The highest BCUT2D eigenvalue weighted by molar-refractivity contribution is 5.77. The number of hydrogen-bond acceptors (Lipinski definition) is 4. The zero-order valence-electron chi connectivity index (χ0n) is 10.6. The zero-order valence-corrected chi connectivity index (χ0v) is 10.6. The fourth-order valence-corrected chi connectivity index (χ4v) is 1.83. The molecule has 0 unspecified atom stereocenters. The van der Waals surface area contributed by atoms with Gasteiger partial charge in [0, 0.05) is 13.7 Å². The van der Waals surface area contributed by atoms with E-state index in [1.165, 1.54) is 12.8 Å². The highest BCUT2D eigenvalue weighted by Gasteiger charge is 2.14. The van der Waals surface area contributed by atoms with Gasteiger partial charge in [0.05, 0.1) is 25.9 Å². The third kappa shape index (κ3) is 7.31. The molecular formula is C12H23NO4. The molecule has 0 spiro atoms. The van der Waals surface area contributed by atoms with Gasteiger partial charge in [-0.1, -0.05) is 12.8 Å². The molecule has 1 amide bonds. The minimum Gasteiger partial charge on any atom is -0.382 e. The van der Waals surface area contributed by atoms with Crippen LogP contribution in [-0.4, -0.2) is 52.1 Å². The number of methoxy groups -OCH3 is 1. The van der Waals surface area contributed by atoms with Gasteiger partial charge < -0.3 is 19.5 Å². The summed E-state index contributed by atoms with van der Waals surface area (Å²) in [4.78, 5) is 11.3. The predicted octanol–water partition coefficient (Wildman–Crippen LogP) is 0.725. The molecule has 1 fully saturated rings. The average Bonchev–Trinajstić information content (AvgIpc) is 2.83. The summed E-state index contributed by atoms with van der Waals surface area (Å²) in [6.45, 7) is 2.20. The summed E-state index contributed by atoms with van der Waals surface area (Å²) in [6.07, 6.45) is 5.27. The fourth-order valence-electron chi connectivity index (χ4n) is 1.83. The Kier molecular flexibility index (Phi) is 7.96. The van der Waals surface area contributed by atoms with E-state index in [-0.39, 0.29) is 12.5 Å². The lowest BCUT2D eigenvalue weighted by molar-refractivity contribution is -0.126. The third-order valence-corrected chi connectivity index (χ3v) is 2.74. The number of hydrogen-bond donors (Lipinski definition) is 1. The minimum absolute atomic E-state index is 0.0901. The third-order valence-electron chi connectivity index (χ3n) is 2.74. The Labute approximate surface area is 103 Å². The van der Waals surface area contributed by atoms with Crippen LogP contribution >= 0.6 is 0 Å². The molecule has 0 saturated heterocycles. The van der Waals surface area contributed by atoms with Gasteiger partial charge in [-0.2, -0.15) is 0 Å². The number of carbonyl (C=O) groups excluding carboxylic acids is 1. The van der Waals surface area contributed by atoms with Crippen molar-refractivity contribution < 1.29 is 19.0 Å². The molecule has 0 atom stereocenters. The predicted molar refractivity (Wildman–Crippen MR) is 63.9 cm³/mol. The first-order valence-electron chi connectivity index (χ1n) is 6.28. The summed E-state index contributed by atoms with van der Waals surface area (Å²) in [5, 5.41) is 2.75. The van der Waals surface area contributed by atoms with E-state index in [1.807, 2.05) is 0 Å². The van der Waals surface area contributed by atoms with Gasteiger partial charge in [-0.15, -0.1) is 0 Å². The Balaban J connectivity index is 1.85. The van der Waals surface area contributed by atoms with E-state index < -0.39 is 0 Å². The van der Waals surface area contributed by atoms with E-state index in [9.17, 15) is 4.79 Å². The summed E-state index contributed by atoms with van der Waals surface area (Å²) in [7, 11) is 1.60. The highest BCUT2D eigenvalue weighted by Crippen LogP contribution is 2.20. The SMILES string of the molecule is COCCOCC(=O)NCCOC1CCCC1. The van der Waals surface area contributed by atoms with Gasteiger partial charge in [-0.25, -0.2) is 0 Å². The highest BCUT2D eigenvalue weighted by atomic mass is 16.5. The fraction of sp³-hybridized carbons (Fsp3) is 0.917. The van der Waals surface area contributed by atoms with Gasteiger partial charge in [0.15, 0.2) is 0 Å². The van der Waals surface area contributed by atoms with Crippen LogP contribution < -0.4 is 5.32 Å². The van der Waals surface area contributed by atoms with Crippen molar-refractivity contribution in [2.75, 3.05) is 40.1 Å². The first-order chi connectivity index (χ1) is 8.33. The molecule has 1 aliphatic rings. The molecule has 1 aliphatic carbocycles. The first-order valence-corrected chi connectivity index (χ1v) is 6.28. The number of nitrogens with one attached hydrogen (secondary N) is 1. The topological polar surface area (TPSA) is 56.8 Å². The number of ether oxygens (including phenoxy) is 3. The lowest BCUT2D eigenvalue weighted by Crippen LogP contribution is -2.31. The normalized spacial score (nSPS) is 16.3. The van der Waals surface area contributed by atoms with Crippen LogP contribution in [0.2, 0.25) is 0 Å². The second kappa shape index (κ2) is 9.39. The molecule has 1 saturated carbocycles. The Morgan fingerprint density at radius 3 is 2.71 bits per heavy atom. The Hall–Kier alpha value is -0.650. The monoisotopic (exact) mass is 245 g/mol. The van der Waals surface area contributed by atoms with Crippen molar-refractivity contribution in [2.45, 2.75) is 31.8 Å². The van der Waals surface area contributed by atoms with Gasteiger partial charge in [-0.3, -0.25) is 4.79 Å². The van der Waals surface area contributed by atoms with Crippen LogP contribution in [0.4, 0.5) is 0 Å². The second-order valence-electron chi connectivity index (χ2n) is 4.17. The summed E-state index contributed by atoms with van der Waals surface area (Å²) in [5.41, 5.74) is 0.